The Bertz CT molecular complexity index is 2460. The van der Waals surface area contributed by atoms with Crippen molar-refractivity contribution in [3.63, 3.8) is 0 Å². The SMILES string of the molecule is C=C1C[C@@H]2CC[C@@]34C[C@H]5O[C@H]6[C@@H](O3)[C@H]3O[C@H](CC[C@@H]3O[C@H]6[C@H]5O4)CC(=O)C[C@@H]3[C@@H](OC)[C@@H](C[C@H](O)CCNC(=O)OCc4ccc(NC(=O)[C@H](CCCNC(N)=O)NC(=O)[C@@H](C)C(C)C)cc4)O[C@H]3C[C@H]3O[C@@H](CC[C@@H]1O2)C[C@@H](C)C3=C. The summed E-state index contributed by atoms with van der Waals surface area (Å²) in [5.74, 6) is -1.87. The van der Waals surface area contributed by atoms with Crippen LogP contribution in [0.2, 0.25) is 0 Å². The van der Waals surface area contributed by atoms with E-state index in [1.807, 2.05) is 13.8 Å². The summed E-state index contributed by atoms with van der Waals surface area (Å²) < 4.78 is 66.3. The molecule has 11 rings (SSSR count). The summed E-state index contributed by atoms with van der Waals surface area (Å²) in [6.07, 6.45) is 2.74. The van der Waals surface area contributed by atoms with Gasteiger partial charge in [-0.25, -0.2) is 9.59 Å². The molecule has 21 nitrogen and oxygen atoms in total. The van der Waals surface area contributed by atoms with Gasteiger partial charge in [-0.1, -0.05) is 53.0 Å². The molecule has 10 heterocycles. The number of benzene rings is 1. The zero-order valence-corrected chi connectivity index (χ0v) is 48.4. The minimum Gasteiger partial charge on any atom is -0.445 e. The first-order valence-corrected chi connectivity index (χ1v) is 30.3. The van der Waals surface area contributed by atoms with Crippen LogP contribution in [0.25, 0.3) is 0 Å². The van der Waals surface area contributed by atoms with Gasteiger partial charge in [0.1, 0.15) is 49.0 Å². The third-order valence-corrected chi connectivity index (χ3v) is 19.1. The maximum atomic E-state index is 14.5. The monoisotopic (exact) mass is 1150 g/mol. The van der Waals surface area contributed by atoms with E-state index >= 15 is 0 Å². The summed E-state index contributed by atoms with van der Waals surface area (Å²) in [4.78, 5) is 64.7. The van der Waals surface area contributed by atoms with E-state index in [0.717, 1.165) is 49.7 Å². The molecule has 5 amide bonds. The summed E-state index contributed by atoms with van der Waals surface area (Å²) >= 11 is 0. The summed E-state index contributed by atoms with van der Waals surface area (Å²) in [5, 5.41) is 22.4. The van der Waals surface area contributed by atoms with Gasteiger partial charge in [0.15, 0.2) is 5.79 Å². The molecule has 0 aliphatic carbocycles. The van der Waals surface area contributed by atoms with Gasteiger partial charge >= 0.3 is 12.1 Å². The van der Waals surface area contributed by atoms with Crippen molar-refractivity contribution in [1.29, 1.82) is 0 Å². The summed E-state index contributed by atoms with van der Waals surface area (Å²) in [7, 11) is 1.62. The molecule has 0 aromatic heterocycles. The number of ketones is 1. The number of rotatable bonds is 17. The molecule has 12 bridgehead atoms. The lowest BCUT2D eigenvalue weighted by atomic mass is 9.81. The van der Waals surface area contributed by atoms with Gasteiger partial charge in [-0.3, -0.25) is 14.4 Å². The third-order valence-electron chi connectivity index (χ3n) is 19.1. The Morgan fingerprint density at radius 1 is 0.768 bits per heavy atom. The molecule has 1 spiro atoms. The van der Waals surface area contributed by atoms with Crippen molar-refractivity contribution < 1.29 is 76.4 Å². The zero-order valence-electron chi connectivity index (χ0n) is 48.4. The minimum absolute atomic E-state index is 0.00367. The van der Waals surface area contributed by atoms with Gasteiger partial charge < -0.3 is 79.5 Å². The van der Waals surface area contributed by atoms with Crippen molar-refractivity contribution in [3.05, 3.63) is 54.1 Å². The Hall–Kier alpha value is -4.55. The second kappa shape index (κ2) is 26.4. The first-order chi connectivity index (χ1) is 39.3. The van der Waals surface area contributed by atoms with Crippen molar-refractivity contribution in [1.82, 2.24) is 16.0 Å². The Balaban J connectivity index is 0.745. The highest BCUT2D eigenvalue weighted by Crippen LogP contribution is 2.54. The molecule has 7 N–H and O–H groups in total. The van der Waals surface area contributed by atoms with E-state index in [2.05, 4.69) is 41.3 Å². The molecule has 10 aliphatic heterocycles. The number of fused-ring (bicyclic) bond motifs is 6. The fraction of sp³-hybridized carbons (Fsp3) is 0.754. The molecule has 82 heavy (non-hydrogen) atoms. The maximum Gasteiger partial charge on any atom is 0.407 e. The average molecular weight is 1150 g/mol. The topological polar surface area (TPSA) is 272 Å². The number of hydrogen-bond acceptors (Lipinski definition) is 16. The fourth-order valence-electron chi connectivity index (χ4n) is 14.1. The van der Waals surface area contributed by atoms with Crippen molar-refractivity contribution >= 4 is 35.4 Å². The van der Waals surface area contributed by atoms with Gasteiger partial charge in [0.2, 0.25) is 11.8 Å². The van der Waals surface area contributed by atoms with Crippen LogP contribution in [0.5, 0.6) is 0 Å². The lowest BCUT2D eigenvalue weighted by molar-refractivity contribution is -0.292. The van der Waals surface area contributed by atoms with Crippen LogP contribution in [0.15, 0.2) is 48.6 Å². The molecule has 0 radical (unpaired) electrons. The molecule has 1 aromatic rings. The van der Waals surface area contributed by atoms with E-state index in [9.17, 15) is 29.1 Å². The zero-order chi connectivity index (χ0) is 58.0. The molecule has 21 atom stereocenters. The Morgan fingerprint density at radius 3 is 2.27 bits per heavy atom. The Kier molecular flexibility index (Phi) is 19.5. The second-order valence-electron chi connectivity index (χ2n) is 25.2. The number of hydrogen-bond donors (Lipinski definition) is 6. The maximum absolute atomic E-state index is 14.5. The normalized spacial score (nSPS) is 38.0. The molecule has 454 valence electrons. The van der Waals surface area contributed by atoms with E-state index in [1.165, 1.54) is 0 Å². The van der Waals surface area contributed by atoms with Crippen molar-refractivity contribution in [3.8, 4) is 0 Å². The lowest BCUT2D eigenvalue weighted by Gasteiger charge is -2.47. The highest BCUT2D eigenvalue weighted by atomic mass is 16.8. The minimum atomic E-state index is -0.894. The molecule has 10 aliphatic rings. The summed E-state index contributed by atoms with van der Waals surface area (Å²) in [5.41, 5.74) is 8.41. The Morgan fingerprint density at radius 2 is 1.50 bits per heavy atom. The van der Waals surface area contributed by atoms with Gasteiger partial charge in [-0.2, -0.15) is 0 Å². The fourth-order valence-corrected chi connectivity index (χ4v) is 14.1. The Labute approximate surface area is 481 Å². The number of urea groups is 1. The largest absolute Gasteiger partial charge is 0.445 e. The molecule has 1 aromatic carbocycles. The van der Waals surface area contributed by atoms with Crippen LogP contribution in [0, 0.1) is 23.7 Å². The molecule has 0 unspecified atom stereocenters. The molecular formula is C61H89N5O16. The number of anilines is 1. The van der Waals surface area contributed by atoms with Crippen molar-refractivity contribution in [2.24, 2.45) is 29.4 Å². The van der Waals surface area contributed by atoms with Gasteiger partial charge in [-0.05, 0) is 105 Å². The average Bonchev–Trinajstić information content (AvgIpc) is 3.04. The second-order valence-corrected chi connectivity index (χ2v) is 25.2. The van der Waals surface area contributed by atoms with Gasteiger partial charge in [0.25, 0.3) is 0 Å². The van der Waals surface area contributed by atoms with E-state index in [-0.39, 0.29) is 148 Å². The number of nitrogens with two attached hydrogens (primary N) is 1. The lowest BCUT2D eigenvalue weighted by Crippen LogP contribution is -2.61. The molecule has 21 heteroatoms. The quantitative estimate of drug-likeness (QED) is 0.0776. The number of amides is 5. The van der Waals surface area contributed by atoms with Gasteiger partial charge in [0.05, 0.1) is 67.1 Å². The number of methoxy groups -OCH3 is 1. The van der Waals surface area contributed by atoms with Crippen molar-refractivity contribution in [2.45, 2.75) is 247 Å². The third kappa shape index (κ3) is 14.1. The number of carbonyl (C=O) groups is 5. The standard InChI is InChI=1S/C61H89N5O16/c1-31(2)34(5)57(69)66-44(9-8-21-63-59(62)71)58(70)65-37-12-10-36(11-13-37)30-74-60(72)64-22-19-38(67)27-49-51(73-7)43-26-39(68)25-41-15-17-46-52(77-41)56-55-54(79-46)53-50(80-55)29-61(81-53,82-56)20-18-42-24-33(4)45(75-42)16-14-40-23-32(3)35(6)47(76-40)28-48(43)78-49/h10-13,31-32,34,38,40-56,67H,4,6,8-9,14-30H2,1-3,5,7H3,(H,64,72)(H,65,70)(H,66,69)(H3,62,63,71)/t32-,34+,38-,40+,41-,42+,43+,44+,45+,46+,47-,48+,49-,50-,51-,52+,53+,54+,55-,56+,61+/m1/s1. The summed E-state index contributed by atoms with van der Waals surface area (Å²) in [6, 6.07) is 5.25. The van der Waals surface area contributed by atoms with Crippen LogP contribution in [-0.2, 0) is 68.4 Å². The number of primary amides is 1. The van der Waals surface area contributed by atoms with E-state index in [4.69, 9.17) is 53.1 Å². The van der Waals surface area contributed by atoms with E-state index in [0.29, 0.717) is 43.4 Å². The van der Waals surface area contributed by atoms with Gasteiger partial charge in [-0.15, -0.1) is 0 Å². The highest BCUT2D eigenvalue weighted by Gasteiger charge is 2.69. The predicted octanol–water partition coefficient (Wildman–Crippen LogP) is 5.96. The van der Waals surface area contributed by atoms with Gasteiger partial charge in [0, 0.05) is 76.2 Å². The number of alkyl carbamates (subject to hydrolysis) is 1. The first-order valence-electron chi connectivity index (χ1n) is 30.3. The van der Waals surface area contributed by atoms with E-state index < -0.39 is 66.5 Å². The van der Waals surface area contributed by atoms with Crippen LogP contribution in [0.3, 0.4) is 0 Å². The van der Waals surface area contributed by atoms with Crippen LogP contribution < -0.4 is 27.0 Å². The number of carbonyl (C=O) groups excluding carboxylic acids is 5. The first kappa shape index (κ1) is 60.6. The molecule has 10 fully saturated rings. The molecular weight excluding hydrogens is 1060 g/mol. The number of Topliss-reactive ketones (excluding diaryl/α,β-unsaturated/α-hetero) is 1. The smallest absolute Gasteiger partial charge is 0.407 e. The number of nitrogens with one attached hydrogen (secondary N) is 4. The summed E-state index contributed by atoms with van der Waals surface area (Å²) in [6.45, 7) is 17.1. The number of ether oxygens (including phenoxy) is 10. The molecule has 10 saturated heterocycles. The number of aliphatic hydroxyl groups is 1. The van der Waals surface area contributed by atoms with Crippen LogP contribution >= 0.6 is 0 Å². The van der Waals surface area contributed by atoms with Crippen molar-refractivity contribution in [2.75, 3.05) is 25.5 Å². The number of aliphatic hydroxyl groups excluding tert-OH is 1. The predicted molar refractivity (Wildman–Crippen MR) is 298 cm³/mol. The van der Waals surface area contributed by atoms with Crippen LogP contribution in [0.4, 0.5) is 15.3 Å². The molecule has 0 saturated carbocycles. The van der Waals surface area contributed by atoms with Crippen LogP contribution in [0.1, 0.15) is 136 Å². The highest BCUT2D eigenvalue weighted by molar-refractivity contribution is 5.97. The van der Waals surface area contributed by atoms with Crippen LogP contribution in [-0.4, -0.2) is 165 Å². The van der Waals surface area contributed by atoms with E-state index in [1.54, 1.807) is 38.3 Å².